The van der Waals surface area contributed by atoms with E-state index in [9.17, 15) is 0 Å². The van der Waals surface area contributed by atoms with E-state index in [2.05, 4.69) is 98.4 Å². The van der Waals surface area contributed by atoms with Crippen LogP contribution in [0.1, 0.15) is 34.6 Å². The van der Waals surface area contributed by atoms with Gasteiger partial charge < -0.3 is 0 Å². The minimum atomic E-state index is 0.377. The summed E-state index contributed by atoms with van der Waals surface area (Å²) in [4.78, 5) is 4.28. The van der Waals surface area contributed by atoms with Crippen molar-refractivity contribution in [1.82, 2.24) is 4.98 Å². The monoisotopic (exact) mass is 443 g/mol. The largest absolute Gasteiger partial charge is 0.263 e. The highest BCUT2D eigenvalue weighted by atomic mass is 79.9. The van der Waals surface area contributed by atoms with Crippen molar-refractivity contribution in [2.24, 2.45) is 0 Å². The zero-order valence-corrected chi connectivity index (χ0v) is 16.7. The van der Waals surface area contributed by atoms with Gasteiger partial charge in [-0.2, -0.15) is 0 Å². The summed E-state index contributed by atoms with van der Waals surface area (Å²) in [5.74, 6) is 0.377. The Kier molecular flexibility index (Phi) is 5.85. The van der Waals surface area contributed by atoms with E-state index in [0.29, 0.717) is 5.92 Å². The van der Waals surface area contributed by atoms with Gasteiger partial charge in [0, 0.05) is 27.3 Å². The second-order valence-corrected chi connectivity index (χ2v) is 7.85. The first kappa shape index (κ1) is 17.4. The molecule has 3 aromatic rings. The van der Waals surface area contributed by atoms with Crippen LogP contribution in [0.2, 0.25) is 0 Å². The molecule has 24 heavy (non-hydrogen) atoms. The highest BCUT2D eigenvalue weighted by Gasteiger charge is 2.16. The van der Waals surface area contributed by atoms with E-state index >= 15 is 0 Å². The predicted octanol–water partition coefficient (Wildman–Crippen LogP) is 6.68. The first-order chi connectivity index (χ1) is 11.6. The van der Waals surface area contributed by atoms with Gasteiger partial charge in [0.05, 0.1) is 0 Å². The van der Waals surface area contributed by atoms with Gasteiger partial charge in [0.15, 0.2) is 0 Å². The Balaban J connectivity index is 1.92. The molecule has 0 N–H and O–H groups in total. The van der Waals surface area contributed by atoms with Crippen molar-refractivity contribution < 1.29 is 0 Å². The summed E-state index contributed by atoms with van der Waals surface area (Å²) in [5, 5.41) is 0. The number of hydrogen-bond donors (Lipinski definition) is 0. The fraction of sp³-hybridized carbons (Fsp3) is 0.190. The second kappa shape index (κ2) is 8.09. The summed E-state index contributed by atoms with van der Waals surface area (Å²) in [5.41, 5.74) is 5.35. The molecule has 0 spiro atoms. The van der Waals surface area contributed by atoms with Gasteiger partial charge in [-0.3, -0.25) is 4.98 Å². The van der Waals surface area contributed by atoms with Gasteiger partial charge in [0.25, 0.3) is 0 Å². The topological polar surface area (TPSA) is 12.9 Å². The van der Waals surface area contributed by atoms with Gasteiger partial charge in [-0.15, -0.1) is 0 Å². The van der Waals surface area contributed by atoms with E-state index in [4.69, 9.17) is 0 Å². The number of rotatable bonds is 5. The Hall–Kier alpha value is -1.45. The van der Waals surface area contributed by atoms with Gasteiger partial charge in [0.2, 0.25) is 0 Å². The number of benzene rings is 2. The molecule has 1 aromatic heterocycles. The fourth-order valence-electron chi connectivity index (χ4n) is 3.11. The van der Waals surface area contributed by atoms with Crippen molar-refractivity contribution in [1.29, 1.82) is 0 Å². The van der Waals surface area contributed by atoms with Gasteiger partial charge in [0.1, 0.15) is 0 Å². The van der Waals surface area contributed by atoms with Crippen LogP contribution in [0.25, 0.3) is 0 Å². The third-order valence-corrected chi connectivity index (χ3v) is 5.23. The van der Waals surface area contributed by atoms with Crippen LogP contribution in [0.3, 0.4) is 0 Å². The number of pyridine rings is 1. The molecule has 0 bridgehead atoms. The molecule has 1 heterocycles. The Labute approximate surface area is 160 Å². The minimum Gasteiger partial charge on any atom is -0.263 e. The molecule has 0 saturated heterocycles. The number of nitrogens with zero attached hydrogens (tertiary/aromatic N) is 1. The van der Waals surface area contributed by atoms with Gasteiger partial charge >= 0.3 is 0 Å². The molecule has 0 fully saturated rings. The first-order valence-corrected chi connectivity index (χ1v) is 9.62. The van der Waals surface area contributed by atoms with Crippen molar-refractivity contribution in [3.05, 3.63) is 98.2 Å². The molecule has 1 nitrogen and oxygen atoms in total. The van der Waals surface area contributed by atoms with Crippen LogP contribution in [-0.4, -0.2) is 4.98 Å². The molecule has 0 aliphatic rings. The molecule has 0 aliphatic heterocycles. The lowest BCUT2D eigenvalue weighted by Crippen LogP contribution is -2.05. The third kappa shape index (κ3) is 4.34. The Morgan fingerprint density at radius 2 is 1.75 bits per heavy atom. The van der Waals surface area contributed by atoms with E-state index in [1.165, 1.54) is 22.3 Å². The zero-order valence-electron chi connectivity index (χ0n) is 13.5. The van der Waals surface area contributed by atoms with E-state index in [0.717, 1.165) is 21.8 Å². The molecule has 0 saturated carbocycles. The molecule has 0 aliphatic carbocycles. The first-order valence-electron chi connectivity index (χ1n) is 8.04. The maximum Gasteiger partial charge on any atom is 0.0410 e. The molecule has 122 valence electrons. The van der Waals surface area contributed by atoms with E-state index in [1.54, 1.807) is 0 Å². The lowest BCUT2D eigenvalue weighted by Gasteiger charge is -2.20. The van der Waals surface area contributed by atoms with Gasteiger partial charge in [-0.25, -0.2) is 0 Å². The number of hydrogen-bond acceptors (Lipinski definition) is 1. The van der Waals surface area contributed by atoms with Crippen molar-refractivity contribution >= 4 is 31.9 Å². The average Bonchev–Trinajstić information content (AvgIpc) is 2.57. The molecule has 0 amide bonds. The van der Waals surface area contributed by atoms with Gasteiger partial charge in [-0.05, 0) is 76.1 Å². The Bertz CT molecular complexity index is 829. The number of aromatic nitrogens is 1. The standard InChI is InChI=1S/C21H19Br2N/c1-15-5-2-3-8-20(15)21(17-6-4-7-18(22)12-17)10-9-16-11-19(23)14-24-13-16/h2-8,11-14,21H,9-10H2,1H3. The zero-order chi connectivity index (χ0) is 16.9. The van der Waals surface area contributed by atoms with Crippen molar-refractivity contribution in [3.8, 4) is 0 Å². The quantitative estimate of drug-likeness (QED) is 0.427. The number of aryl methyl sites for hydroxylation is 2. The molecule has 1 atom stereocenters. The lowest BCUT2D eigenvalue weighted by molar-refractivity contribution is 0.709. The van der Waals surface area contributed by atoms with Crippen LogP contribution in [0.15, 0.2) is 75.9 Å². The predicted molar refractivity (Wildman–Crippen MR) is 107 cm³/mol. The molecular formula is C21H19Br2N. The van der Waals surface area contributed by atoms with E-state index in [1.807, 2.05) is 12.4 Å². The Morgan fingerprint density at radius 1 is 0.917 bits per heavy atom. The van der Waals surface area contributed by atoms with Crippen molar-refractivity contribution in [2.45, 2.75) is 25.7 Å². The van der Waals surface area contributed by atoms with Crippen LogP contribution in [-0.2, 0) is 6.42 Å². The summed E-state index contributed by atoms with van der Waals surface area (Å²) in [6, 6.07) is 19.5. The highest BCUT2D eigenvalue weighted by Crippen LogP contribution is 2.33. The van der Waals surface area contributed by atoms with Crippen LogP contribution in [0.5, 0.6) is 0 Å². The van der Waals surface area contributed by atoms with Crippen LogP contribution in [0, 0.1) is 6.92 Å². The summed E-state index contributed by atoms with van der Waals surface area (Å²) in [6.07, 6.45) is 5.84. The maximum atomic E-state index is 4.28. The summed E-state index contributed by atoms with van der Waals surface area (Å²) >= 11 is 7.12. The van der Waals surface area contributed by atoms with Crippen molar-refractivity contribution in [3.63, 3.8) is 0 Å². The summed E-state index contributed by atoms with van der Waals surface area (Å²) < 4.78 is 2.16. The molecule has 3 heteroatoms. The SMILES string of the molecule is Cc1ccccc1C(CCc1cncc(Br)c1)c1cccc(Br)c1. The van der Waals surface area contributed by atoms with Gasteiger partial charge in [-0.1, -0.05) is 52.3 Å². The second-order valence-electron chi connectivity index (χ2n) is 6.01. The fourth-order valence-corrected chi connectivity index (χ4v) is 3.94. The molecule has 3 rings (SSSR count). The smallest absolute Gasteiger partial charge is 0.0410 e. The van der Waals surface area contributed by atoms with Crippen LogP contribution >= 0.6 is 31.9 Å². The van der Waals surface area contributed by atoms with E-state index in [-0.39, 0.29) is 0 Å². The minimum absolute atomic E-state index is 0.377. The normalized spacial score (nSPS) is 12.1. The molecular weight excluding hydrogens is 426 g/mol. The average molecular weight is 445 g/mol. The summed E-state index contributed by atoms with van der Waals surface area (Å²) in [6.45, 7) is 2.20. The van der Waals surface area contributed by atoms with Crippen LogP contribution < -0.4 is 0 Å². The number of halogens is 2. The third-order valence-electron chi connectivity index (χ3n) is 4.30. The summed E-state index contributed by atoms with van der Waals surface area (Å²) in [7, 11) is 0. The Morgan fingerprint density at radius 3 is 2.50 bits per heavy atom. The van der Waals surface area contributed by atoms with Crippen LogP contribution in [0.4, 0.5) is 0 Å². The van der Waals surface area contributed by atoms with Crippen molar-refractivity contribution in [2.75, 3.05) is 0 Å². The molecule has 1 unspecified atom stereocenters. The highest BCUT2D eigenvalue weighted by molar-refractivity contribution is 9.10. The lowest BCUT2D eigenvalue weighted by atomic mass is 9.84. The molecule has 0 radical (unpaired) electrons. The molecule has 2 aromatic carbocycles. The maximum absolute atomic E-state index is 4.28. The van der Waals surface area contributed by atoms with E-state index < -0.39 is 0 Å².